The van der Waals surface area contributed by atoms with Gasteiger partial charge in [0.2, 0.25) is 15.6 Å². The smallest absolute Gasteiger partial charge is 0.373 e. The average Bonchev–Trinajstić information content (AvgIpc) is 3.51. The minimum atomic E-state index is -5.31. The van der Waals surface area contributed by atoms with Gasteiger partial charge in [0.25, 0.3) is 5.91 Å². The second-order valence-corrected chi connectivity index (χ2v) is 11.5. The van der Waals surface area contributed by atoms with Crippen molar-refractivity contribution in [2.24, 2.45) is 5.92 Å². The molecule has 2 aromatic rings. The number of hydrogen-bond acceptors (Lipinski definition) is 4. The Morgan fingerprint density at radius 3 is 2.32 bits per heavy atom. The van der Waals surface area contributed by atoms with Crippen LogP contribution >= 0.6 is 0 Å². The first kappa shape index (κ1) is 27.4. The molecule has 0 radical (unpaired) electrons. The van der Waals surface area contributed by atoms with Gasteiger partial charge in [-0.2, -0.15) is 13.2 Å². The summed E-state index contributed by atoms with van der Waals surface area (Å²) in [5.41, 5.74) is -4.18. The summed E-state index contributed by atoms with van der Waals surface area (Å²) in [6.07, 6.45) is -5.52. The van der Waals surface area contributed by atoms with Gasteiger partial charge in [-0.3, -0.25) is 4.79 Å². The molecular weight excluding hydrogens is 526 g/mol. The van der Waals surface area contributed by atoms with Crippen LogP contribution in [-0.4, -0.2) is 60.0 Å². The van der Waals surface area contributed by atoms with Crippen LogP contribution in [0.1, 0.15) is 25.8 Å². The van der Waals surface area contributed by atoms with E-state index in [0.29, 0.717) is 13.0 Å². The molecule has 0 aromatic heterocycles. The monoisotopic (exact) mass is 550 g/mol. The van der Waals surface area contributed by atoms with Crippen molar-refractivity contribution in [1.82, 2.24) is 9.62 Å². The third kappa shape index (κ3) is 5.08. The van der Waals surface area contributed by atoms with Gasteiger partial charge < -0.3 is 10.0 Å². The fraction of sp³-hybridized carbons (Fsp3) is 0.458. The number of piperidine rings is 1. The van der Waals surface area contributed by atoms with E-state index in [4.69, 9.17) is 0 Å². The number of rotatable bonds is 7. The number of benzene rings is 2. The van der Waals surface area contributed by atoms with Crippen molar-refractivity contribution in [3.63, 3.8) is 0 Å². The largest absolute Gasteiger partial charge is 0.426 e. The molecule has 1 aliphatic carbocycles. The molecule has 6 nitrogen and oxygen atoms in total. The second-order valence-electron chi connectivity index (χ2n) is 9.50. The summed E-state index contributed by atoms with van der Waals surface area (Å²) in [5, 5.41) is 10.1. The minimum absolute atomic E-state index is 0.112. The lowest BCUT2D eigenvalue weighted by Gasteiger charge is -2.37. The number of sulfonamides is 1. The first-order chi connectivity index (χ1) is 17.1. The van der Waals surface area contributed by atoms with Crippen LogP contribution in [0.3, 0.4) is 0 Å². The Balaban J connectivity index is 1.75. The van der Waals surface area contributed by atoms with E-state index >= 15 is 4.39 Å². The SMILES string of the molecule is CCS(=O)(=O)NC1C2CC2N(C(=O)[C@](C)(O)C(F)(F)F)C1Cc1cccc(-c2cc(F)cc(F)c2)c1F. The van der Waals surface area contributed by atoms with E-state index in [1.807, 2.05) is 0 Å². The Hall–Kier alpha value is -2.64. The van der Waals surface area contributed by atoms with Gasteiger partial charge in [0.15, 0.2) is 0 Å². The third-order valence-corrected chi connectivity index (χ3v) is 8.37. The molecule has 1 heterocycles. The first-order valence-corrected chi connectivity index (χ1v) is 13.1. The number of halogens is 6. The standard InChI is InChI=1S/C24H24F6N2O4S/c1-3-37(35,36)31-21-17-11-18(17)32(22(33)23(2,34)24(28,29)30)19(21)9-12-5-4-6-16(20(12)27)13-7-14(25)10-15(26)8-13/h4-8,10,17-19,21,31,34H,3,9,11H2,1-2H3/t17?,18?,19?,21?,23-/m0/s1. The van der Waals surface area contributed by atoms with Crippen molar-refractivity contribution in [2.45, 2.75) is 56.6 Å². The molecule has 2 fully saturated rings. The molecular formula is C24H24F6N2O4S. The predicted molar refractivity (Wildman–Crippen MR) is 121 cm³/mol. The molecule has 202 valence electrons. The number of fused-ring (bicyclic) bond motifs is 1. The highest BCUT2D eigenvalue weighted by Crippen LogP contribution is 2.51. The summed E-state index contributed by atoms with van der Waals surface area (Å²) < 4.78 is 111. The molecule has 2 aromatic carbocycles. The highest BCUT2D eigenvalue weighted by atomic mass is 32.2. The summed E-state index contributed by atoms with van der Waals surface area (Å²) in [6, 6.07) is 3.26. The van der Waals surface area contributed by atoms with Gasteiger partial charge in [0, 0.05) is 23.7 Å². The molecule has 4 unspecified atom stereocenters. The third-order valence-electron chi connectivity index (χ3n) is 6.98. The molecule has 1 saturated carbocycles. The number of amides is 1. The van der Waals surface area contributed by atoms with E-state index in [0.717, 1.165) is 17.0 Å². The zero-order valence-electron chi connectivity index (χ0n) is 19.7. The maximum absolute atomic E-state index is 15.5. The van der Waals surface area contributed by atoms with E-state index in [1.54, 1.807) is 0 Å². The van der Waals surface area contributed by atoms with Crippen LogP contribution in [0.5, 0.6) is 0 Å². The van der Waals surface area contributed by atoms with E-state index in [9.17, 15) is 40.3 Å². The van der Waals surface area contributed by atoms with Crippen LogP contribution in [0.15, 0.2) is 36.4 Å². The molecule has 0 spiro atoms. The highest BCUT2D eigenvalue weighted by molar-refractivity contribution is 7.89. The fourth-order valence-electron chi connectivity index (χ4n) is 4.86. The molecule has 4 rings (SSSR count). The Bertz CT molecular complexity index is 1310. The van der Waals surface area contributed by atoms with Crippen LogP contribution in [0.4, 0.5) is 26.3 Å². The molecule has 13 heteroatoms. The van der Waals surface area contributed by atoms with Crippen LogP contribution in [0.25, 0.3) is 11.1 Å². The summed E-state index contributed by atoms with van der Waals surface area (Å²) in [6.45, 7) is 1.67. The maximum Gasteiger partial charge on any atom is 0.426 e. The lowest BCUT2D eigenvalue weighted by Crippen LogP contribution is -2.60. The van der Waals surface area contributed by atoms with Gasteiger partial charge in [-0.05, 0) is 55.9 Å². The number of carbonyl (C=O) groups is 1. The van der Waals surface area contributed by atoms with Crippen molar-refractivity contribution in [1.29, 1.82) is 0 Å². The summed E-state index contributed by atoms with van der Waals surface area (Å²) >= 11 is 0. The minimum Gasteiger partial charge on any atom is -0.373 e. The van der Waals surface area contributed by atoms with Crippen molar-refractivity contribution in [3.8, 4) is 11.1 Å². The molecule has 1 amide bonds. The molecule has 1 aliphatic heterocycles. The number of likely N-dealkylation sites (tertiary alicyclic amines) is 1. The Labute approximate surface area is 209 Å². The lowest BCUT2D eigenvalue weighted by atomic mass is 9.93. The average molecular weight is 551 g/mol. The van der Waals surface area contributed by atoms with Crippen LogP contribution in [-0.2, 0) is 21.2 Å². The Kier molecular flexibility index (Phi) is 6.87. The van der Waals surface area contributed by atoms with Gasteiger partial charge in [-0.25, -0.2) is 26.3 Å². The molecule has 0 bridgehead atoms. The predicted octanol–water partition coefficient (Wildman–Crippen LogP) is 3.53. The zero-order chi connectivity index (χ0) is 27.5. The maximum atomic E-state index is 15.5. The van der Waals surface area contributed by atoms with Crippen molar-refractivity contribution in [3.05, 3.63) is 59.4 Å². The van der Waals surface area contributed by atoms with Crippen LogP contribution in [0, 0.1) is 23.4 Å². The number of carbonyl (C=O) groups excluding carboxylic acids is 1. The molecule has 37 heavy (non-hydrogen) atoms. The first-order valence-electron chi connectivity index (χ1n) is 11.4. The van der Waals surface area contributed by atoms with Gasteiger partial charge in [0.05, 0.1) is 11.8 Å². The number of nitrogens with one attached hydrogen (secondary N) is 1. The Morgan fingerprint density at radius 1 is 1.14 bits per heavy atom. The number of aliphatic hydroxyl groups is 1. The molecule has 2 aliphatic rings. The van der Waals surface area contributed by atoms with Crippen molar-refractivity contribution >= 4 is 15.9 Å². The van der Waals surface area contributed by atoms with E-state index < -0.39 is 75.6 Å². The van der Waals surface area contributed by atoms with Gasteiger partial charge >= 0.3 is 6.18 Å². The van der Waals surface area contributed by atoms with Crippen LogP contribution < -0.4 is 4.72 Å². The number of alkyl halides is 3. The normalized spacial score (nSPS) is 25.1. The zero-order valence-corrected chi connectivity index (χ0v) is 20.5. The van der Waals surface area contributed by atoms with E-state index in [2.05, 4.69) is 4.72 Å². The van der Waals surface area contributed by atoms with Crippen molar-refractivity contribution < 1.29 is 44.7 Å². The quantitative estimate of drug-likeness (QED) is 0.517. The summed E-state index contributed by atoms with van der Waals surface area (Å²) in [4.78, 5) is 13.8. The summed E-state index contributed by atoms with van der Waals surface area (Å²) in [5.74, 6) is -5.36. The van der Waals surface area contributed by atoms with Crippen LogP contribution in [0.2, 0.25) is 0 Å². The van der Waals surface area contributed by atoms with Crippen molar-refractivity contribution in [2.75, 3.05) is 5.75 Å². The highest BCUT2D eigenvalue weighted by Gasteiger charge is 2.66. The lowest BCUT2D eigenvalue weighted by molar-refractivity contribution is -0.251. The number of hydrogen-bond donors (Lipinski definition) is 2. The topological polar surface area (TPSA) is 86.7 Å². The number of nitrogens with zero attached hydrogens (tertiary/aromatic N) is 1. The molecule has 1 saturated heterocycles. The Morgan fingerprint density at radius 2 is 1.76 bits per heavy atom. The van der Waals surface area contributed by atoms with Gasteiger partial charge in [-0.1, -0.05) is 18.2 Å². The summed E-state index contributed by atoms with van der Waals surface area (Å²) in [7, 11) is -3.87. The van der Waals surface area contributed by atoms with Gasteiger partial charge in [0.1, 0.15) is 17.5 Å². The van der Waals surface area contributed by atoms with E-state index in [-0.39, 0.29) is 28.9 Å². The molecule has 2 N–H and O–H groups in total. The van der Waals surface area contributed by atoms with Gasteiger partial charge in [-0.15, -0.1) is 0 Å². The fourth-order valence-corrected chi connectivity index (χ4v) is 5.77. The van der Waals surface area contributed by atoms with E-state index in [1.165, 1.54) is 25.1 Å². The second kappa shape index (κ2) is 9.28. The molecule has 5 atom stereocenters.